The Kier molecular flexibility index (Phi) is 9.00. The second-order valence-corrected chi connectivity index (χ2v) is 7.37. The average molecular weight is 417 g/mol. The van der Waals surface area contributed by atoms with E-state index in [-0.39, 0.29) is 18.2 Å². The van der Waals surface area contributed by atoms with Crippen LogP contribution in [0.15, 0.2) is 48.5 Å². The minimum Gasteiger partial charge on any atom is -0.497 e. The summed E-state index contributed by atoms with van der Waals surface area (Å²) in [5.41, 5.74) is 1.64. The highest BCUT2D eigenvalue weighted by atomic mass is 35.5. The van der Waals surface area contributed by atoms with Gasteiger partial charge in [-0.3, -0.25) is 9.59 Å². The summed E-state index contributed by atoms with van der Waals surface area (Å²) in [4.78, 5) is 27.4. The number of nitrogens with zero attached hydrogens (tertiary/aromatic N) is 1. The van der Waals surface area contributed by atoms with Gasteiger partial charge in [0, 0.05) is 18.1 Å². The number of carbonyl (C=O) groups excluding carboxylic acids is 2. The monoisotopic (exact) mass is 416 g/mol. The summed E-state index contributed by atoms with van der Waals surface area (Å²) >= 11 is 6.23. The SMILES string of the molecule is CCCCNC(=O)[C@@H](C)N(Cc1cccc(OC)c1)C(=O)Cc1ccccc1Cl. The average Bonchev–Trinajstić information content (AvgIpc) is 2.73. The van der Waals surface area contributed by atoms with Crippen molar-refractivity contribution < 1.29 is 14.3 Å². The Morgan fingerprint density at radius 2 is 1.93 bits per heavy atom. The van der Waals surface area contributed by atoms with Crippen molar-refractivity contribution in [3.05, 3.63) is 64.7 Å². The molecule has 0 aliphatic rings. The highest BCUT2D eigenvalue weighted by Gasteiger charge is 2.26. The number of halogens is 1. The van der Waals surface area contributed by atoms with E-state index in [0.717, 1.165) is 24.0 Å². The maximum Gasteiger partial charge on any atom is 0.242 e. The van der Waals surface area contributed by atoms with E-state index in [4.69, 9.17) is 16.3 Å². The van der Waals surface area contributed by atoms with Crippen LogP contribution in [0.3, 0.4) is 0 Å². The van der Waals surface area contributed by atoms with Crippen molar-refractivity contribution in [3.63, 3.8) is 0 Å². The normalized spacial score (nSPS) is 11.6. The summed E-state index contributed by atoms with van der Waals surface area (Å²) in [6, 6.07) is 14.2. The zero-order chi connectivity index (χ0) is 21.2. The van der Waals surface area contributed by atoms with E-state index in [1.165, 1.54) is 0 Å². The van der Waals surface area contributed by atoms with E-state index in [2.05, 4.69) is 12.2 Å². The lowest BCUT2D eigenvalue weighted by molar-refractivity contribution is -0.140. The number of methoxy groups -OCH3 is 1. The van der Waals surface area contributed by atoms with Crippen LogP contribution >= 0.6 is 11.6 Å². The van der Waals surface area contributed by atoms with Gasteiger partial charge in [0.05, 0.1) is 13.5 Å². The molecule has 0 radical (unpaired) electrons. The van der Waals surface area contributed by atoms with Crippen molar-refractivity contribution in [1.82, 2.24) is 10.2 Å². The lowest BCUT2D eigenvalue weighted by Gasteiger charge is -2.29. The van der Waals surface area contributed by atoms with Gasteiger partial charge < -0.3 is 15.0 Å². The molecule has 0 unspecified atom stereocenters. The van der Waals surface area contributed by atoms with Gasteiger partial charge in [0.15, 0.2) is 0 Å². The molecule has 2 amide bonds. The fraction of sp³-hybridized carbons (Fsp3) is 0.391. The molecule has 0 aliphatic carbocycles. The van der Waals surface area contributed by atoms with Crippen molar-refractivity contribution in [2.24, 2.45) is 0 Å². The summed E-state index contributed by atoms with van der Waals surface area (Å²) in [5, 5.41) is 3.46. The maximum atomic E-state index is 13.2. The molecule has 5 nitrogen and oxygen atoms in total. The van der Waals surface area contributed by atoms with E-state index in [1.54, 1.807) is 25.0 Å². The molecular formula is C23H29ClN2O3. The third-order valence-corrected chi connectivity index (χ3v) is 5.15. The number of rotatable bonds is 10. The van der Waals surface area contributed by atoms with Gasteiger partial charge in [-0.1, -0.05) is 55.3 Å². The zero-order valence-corrected chi connectivity index (χ0v) is 18.0. The van der Waals surface area contributed by atoms with E-state index in [9.17, 15) is 9.59 Å². The largest absolute Gasteiger partial charge is 0.497 e. The predicted octanol–water partition coefficient (Wildman–Crippen LogP) is 4.22. The third kappa shape index (κ3) is 6.79. The van der Waals surface area contributed by atoms with Crippen molar-refractivity contribution in [1.29, 1.82) is 0 Å². The molecule has 2 aromatic carbocycles. The summed E-state index contributed by atoms with van der Waals surface area (Å²) in [7, 11) is 1.60. The lowest BCUT2D eigenvalue weighted by atomic mass is 10.1. The number of nitrogens with one attached hydrogen (secondary N) is 1. The van der Waals surface area contributed by atoms with Crippen LogP contribution in [0.1, 0.15) is 37.8 Å². The van der Waals surface area contributed by atoms with Crippen LogP contribution in [0.2, 0.25) is 5.02 Å². The van der Waals surface area contributed by atoms with Crippen LogP contribution in [0, 0.1) is 0 Å². The molecular weight excluding hydrogens is 388 g/mol. The molecule has 156 valence electrons. The fourth-order valence-corrected chi connectivity index (χ4v) is 3.19. The molecule has 29 heavy (non-hydrogen) atoms. The van der Waals surface area contributed by atoms with Crippen LogP contribution in [-0.2, 0) is 22.6 Å². The number of hydrogen-bond donors (Lipinski definition) is 1. The highest BCUT2D eigenvalue weighted by molar-refractivity contribution is 6.31. The Morgan fingerprint density at radius 1 is 1.17 bits per heavy atom. The molecule has 0 aromatic heterocycles. The second kappa shape index (κ2) is 11.5. The standard InChI is InChI=1S/C23H29ClN2O3/c1-4-5-13-25-23(28)17(2)26(16-18-9-8-11-20(14-18)29-3)22(27)15-19-10-6-7-12-21(19)24/h6-12,14,17H,4-5,13,15-16H2,1-3H3,(H,25,28)/t17-/m1/s1. The first kappa shape index (κ1) is 22.8. The van der Waals surface area contributed by atoms with Gasteiger partial charge in [-0.05, 0) is 42.7 Å². The Morgan fingerprint density at radius 3 is 2.62 bits per heavy atom. The third-order valence-electron chi connectivity index (χ3n) is 4.78. The fourth-order valence-electron chi connectivity index (χ4n) is 2.99. The van der Waals surface area contributed by atoms with Gasteiger partial charge in [0.2, 0.25) is 11.8 Å². The molecule has 0 saturated carbocycles. The molecule has 6 heteroatoms. The summed E-state index contributed by atoms with van der Waals surface area (Å²) in [5.74, 6) is 0.397. The van der Waals surface area contributed by atoms with Crippen LogP contribution in [0.5, 0.6) is 5.75 Å². The van der Waals surface area contributed by atoms with Gasteiger partial charge >= 0.3 is 0 Å². The van der Waals surface area contributed by atoms with Crippen LogP contribution in [0.25, 0.3) is 0 Å². The minimum absolute atomic E-state index is 0.135. The summed E-state index contributed by atoms with van der Waals surface area (Å²) < 4.78 is 5.28. The van der Waals surface area contributed by atoms with Crippen molar-refractivity contribution in [3.8, 4) is 5.75 Å². The first-order valence-corrected chi connectivity index (χ1v) is 10.3. The molecule has 0 spiro atoms. The van der Waals surface area contributed by atoms with Crippen LogP contribution in [-0.4, -0.2) is 36.4 Å². The number of amides is 2. The maximum absolute atomic E-state index is 13.2. The van der Waals surface area contributed by atoms with Gasteiger partial charge in [-0.25, -0.2) is 0 Å². The molecule has 2 aromatic rings. The number of unbranched alkanes of at least 4 members (excludes halogenated alkanes) is 1. The smallest absolute Gasteiger partial charge is 0.242 e. The van der Waals surface area contributed by atoms with Gasteiger partial charge in [-0.2, -0.15) is 0 Å². The Bertz CT molecular complexity index is 825. The molecule has 0 saturated heterocycles. The van der Waals surface area contributed by atoms with E-state index in [1.807, 2.05) is 42.5 Å². The number of ether oxygens (including phenoxy) is 1. The molecule has 0 fully saturated rings. The number of benzene rings is 2. The number of carbonyl (C=O) groups is 2. The molecule has 1 N–H and O–H groups in total. The van der Waals surface area contributed by atoms with Crippen molar-refractivity contribution in [2.75, 3.05) is 13.7 Å². The lowest BCUT2D eigenvalue weighted by Crippen LogP contribution is -2.48. The first-order valence-electron chi connectivity index (χ1n) is 9.89. The van der Waals surface area contributed by atoms with Crippen LogP contribution in [0.4, 0.5) is 0 Å². The minimum atomic E-state index is -0.604. The van der Waals surface area contributed by atoms with Crippen molar-refractivity contribution in [2.45, 2.75) is 45.7 Å². The molecule has 1 atom stereocenters. The molecule has 0 heterocycles. The second-order valence-electron chi connectivity index (χ2n) is 6.96. The van der Waals surface area contributed by atoms with Gasteiger partial charge in [-0.15, -0.1) is 0 Å². The van der Waals surface area contributed by atoms with Gasteiger partial charge in [0.25, 0.3) is 0 Å². The van der Waals surface area contributed by atoms with E-state index in [0.29, 0.717) is 23.9 Å². The van der Waals surface area contributed by atoms with Crippen molar-refractivity contribution >= 4 is 23.4 Å². The van der Waals surface area contributed by atoms with Gasteiger partial charge in [0.1, 0.15) is 11.8 Å². The summed E-state index contributed by atoms with van der Waals surface area (Å²) in [6.07, 6.45) is 2.03. The highest BCUT2D eigenvalue weighted by Crippen LogP contribution is 2.20. The topological polar surface area (TPSA) is 58.6 Å². The Labute approximate surface area is 178 Å². The molecule has 0 bridgehead atoms. The quantitative estimate of drug-likeness (QED) is 0.590. The van der Waals surface area contributed by atoms with E-state index < -0.39 is 6.04 Å². The predicted molar refractivity (Wildman–Crippen MR) is 116 cm³/mol. The first-order chi connectivity index (χ1) is 14.0. The molecule has 0 aliphatic heterocycles. The number of hydrogen-bond acceptors (Lipinski definition) is 3. The van der Waals surface area contributed by atoms with Crippen LogP contribution < -0.4 is 10.1 Å². The zero-order valence-electron chi connectivity index (χ0n) is 17.3. The summed E-state index contributed by atoms with van der Waals surface area (Å²) in [6.45, 7) is 4.73. The van der Waals surface area contributed by atoms with E-state index >= 15 is 0 Å². The Hall–Kier alpha value is -2.53. The Balaban J connectivity index is 2.22. The molecule has 2 rings (SSSR count).